The molecule has 0 unspecified atom stereocenters. The number of carbonyl (C=O) groups is 2. The summed E-state index contributed by atoms with van der Waals surface area (Å²) in [5.41, 5.74) is 1.43. The molecule has 0 spiro atoms. The average Bonchev–Trinajstić information content (AvgIpc) is 3.27. The number of rotatable bonds is 7. The number of aliphatic hydroxyl groups is 1. The van der Waals surface area contributed by atoms with Crippen LogP contribution in [0.5, 0.6) is 5.75 Å². The summed E-state index contributed by atoms with van der Waals surface area (Å²) in [6.07, 6.45) is 0. The molecule has 170 valence electrons. The molecule has 0 aliphatic carbocycles. The lowest BCUT2D eigenvalue weighted by molar-refractivity contribution is -0.907. The molecule has 1 aromatic carbocycles. The van der Waals surface area contributed by atoms with Crippen LogP contribution in [0.3, 0.4) is 0 Å². The minimum absolute atomic E-state index is 0.104. The molecule has 2 N–H and O–H groups in total. The van der Waals surface area contributed by atoms with Crippen LogP contribution < -0.4 is 9.64 Å². The van der Waals surface area contributed by atoms with E-state index in [4.69, 9.17) is 9.47 Å². The number of nitrogens with one attached hydrogen (secondary N) is 1. The highest BCUT2D eigenvalue weighted by molar-refractivity contribution is 7.14. The third-order valence-electron chi connectivity index (χ3n) is 5.97. The Morgan fingerprint density at radius 3 is 2.75 bits per heavy atom. The molecular weight excluding hydrogens is 430 g/mol. The Morgan fingerprint density at radius 2 is 2.09 bits per heavy atom. The van der Waals surface area contributed by atoms with E-state index in [2.05, 4.69) is 4.98 Å². The first kappa shape index (κ1) is 22.4. The van der Waals surface area contributed by atoms with Gasteiger partial charge in [0.05, 0.1) is 60.6 Å². The van der Waals surface area contributed by atoms with E-state index < -0.39 is 17.7 Å². The Hall–Kier alpha value is -2.75. The molecule has 8 nitrogen and oxygen atoms in total. The number of thiazole rings is 1. The first-order chi connectivity index (χ1) is 15.4. The van der Waals surface area contributed by atoms with Gasteiger partial charge in [-0.05, 0) is 31.5 Å². The Kier molecular flexibility index (Phi) is 6.59. The third-order valence-corrected chi connectivity index (χ3v) is 7.05. The number of aliphatic hydroxyl groups excluding tert-OH is 1. The normalized spacial score (nSPS) is 19.7. The zero-order valence-electron chi connectivity index (χ0n) is 18.5. The Morgan fingerprint density at radius 1 is 1.34 bits per heavy atom. The van der Waals surface area contributed by atoms with Crippen LogP contribution in [0.15, 0.2) is 35.6 Å². The molecule has 1 amide bonds. The summed E-state index contributed by atoms with van der Waals surface area (Å²) in [5.74, 6) is -0.734. The van der Waals surface area contributed by atoms with E-state index in [9.17, 15) is 14.7 Å². The molecule has 1 atom stereocenters. The van der Waals surface area contributed by atoms with Crippen LogP contribution in [-0.4, -0.2) is 73.2 Å². The summed E-state index contributed by atoms with van der Waals surface area (Å²) in [4.78, 5) is 34.4. The van der Waals surface area contributed by atoms with Gasteiger partial charge < -0.3 is 24.4 Å². The molecule has 2 aliphatic rings. The van der Waals surface area contributed by atoms with Crippen LogP contribution in [0.25, 0.3) is 0 Å². The van der Waals surface area contributed by atoms with Crippen molar-refractivity contribution in [2.24, 2.45) is 0 Å². The summed E-state index contributed by atoms with van der Waals surface area (Å²) in [7, 11) is 1.57. The average molecular weight is 459 g/mol. The van der Waals surface area contributed by atoms with E-state index in [-0.39, 0.29) is 11.4 Å². The van der Waals surface area contributed by atoms with E-state index in [1.54, 1.807) is 18.9 Å². The summed E-state index contributed by atoms with van der Waals surface area (Å²) in [6, 6.07) is 6.61. The van der Waals surface area contributed by atoms with E-state index >= 15 is 0 Å². The van der Waals surface area contributed by atoms with Gasteiger partial charge in [-0.3, -0.25) is 9.59 Å². The molecule has 4 rings (SSSR count). The van der Waals surface area contributed by atoms with Crippen LogP contribution in [0.2, 0.25) is 0 Å². The van der Waals surface area contributed by atoms with Crippen molar-refractivity contribution in [1.29, 1.82) is 0 Å². The standard InChI is InChI=1S/C23H27N3O5S/c1-14-22(32-15(2)24-14)20(27)18-19(16-5-4-6-17(13-16)30-3)26(23(29)21(18)28)8-7-25-9-11-31-12-10-25/h4-6,13,19,28H,7-12H2,1-3H3/p+1/t19-/m1/s1. The second-order valence-corrected chi connectivity index (χ2v) is 9.23. The molecule has 0 radical (unpaired) electrons. The second kappa shape index (κ2) is 9.40. The highest BCUT2D eigenvalue weighted by Crippen LogP contribution is 2.40. The van der Waals surface area contributed by atoms with Crippen molar-refractivity contribution in [3.63, 3.8) is 0 Å². The van der Waals surface area contributed by atoms with Gasteiger partial charge in [-0.1, -0.05) is 12.1 Å². The topological polar surface area (TPSA) is 93.4 Å². The number of nitrogens with zero attached hydrogens (tertiary/aromatic N) is 2. The number of Topliss-reactive ketones (excluding diaryl/α,β-unsaturated/α-hetero) is 1. The number of hydrogen-bond acceptors (Lipinski definition) is 7. The number of quaternary nitrogens is 1. The second-order valence-electron chi connectivity index (χ2n) is 8.03. The fourth-order valence-corrected chi connectivity index (χ4v) is 5.20. The van der Waals surface area contributed by atoms with E-state index in [1.807, 2.05) is 31.2 Å². The number of ketones is 1. The van der Waals surface area contributed by atoms with Crippen molar-refractivity contribution in [1.82, 2.24) is 9.88 Å². The number of methoxy groups -OCH3 is 1. The molecule has 0 bridgehead atoms. The Balaban J connectivity index is 1.71. The lowest BCUT2D eigenvalue weighted by Crippen LogP contribution is -3.14. The van der Waals surface area contributed by atoms with Crippen molar-refractivity contribution in [3.05, 3.63) is 56.7 Å². The predicted octanol–water partition coefficient (Wildman–Crippen LogP) is 1.26. The first-order valence-electron chi connectivity index (χ1n) is 10.7. The highest BCUT2D eigenvalue weighted by atomic mass is 32.1. The number of morpholine rings is 1. The molecule has 0 saturated carbocycles. The number of amides is 1. The van der Waals surface area contributed by atoms with Gasteiger partial charge in [-0.2, -0.15) is 0 Å². The summed E-state index contributed by atoms with van der Waals surface area (Å²) in [6.45, 7) is 7.86. The highest BCUT2D eigenvalue weighted by Gasteiger charge is 2.44. The number of carbonyl (C=O) groups excluding carboxylic acids is 2. The van der Waals surface area contributed by atoms with Crippen LogP contribution in [0.1, 0.15) is 32.0 Å². The molecule has 1 saturated heterocycles. The largest absolute Gasteiger partial charge is 0.503 e. The predicted molar refractivity (Wildman–Crippen MR) is 119 cm³/mol. The molecular formula is C23H28N3O5S+. The van der Waals surface area contributed by atoms with Crippen LogP contribution in [0.4, 0.5) is 0 Å². The van der Waals surface area contributed by atoms with Crippen LogP contribution >= 0.6 is 11.3 Å². The number of hydrogen-bond donors (Lipinski definition) is 2. The summed E-state index contributed by atoms with van der Waals surface area (Å²) in [5, 5.41) is 11.6. The van der Waals surface area contributed by atoms with E-state index in [0.29, 0.717) is 42.6 Å². The van der Waals surface area contributed by atoms with Gasteiger partial charge in [-0.25, -0.2) is 4.98 Å². The molecule has 2 aliphatic heterocycles. The van der Waals surface area contributed by atoms with Gasteiger partial charge >= 0.3 is 0 Å². The van der Waals surface area contributed by atoms with Crippen molar-refractivity contribution >= 4 is 23.0 Å². The molecule has 2 aromatic rings. The van der Waals surface area contributed by atoms with Crippen molar-refractivity contribution in [2.75, 3.05) is 46.5 Å². The van der Waals surface area contributed by atoms with Crippen molar-refractivity contribution in [3.8, 4) is 5.75 Å². The minimum atomic E-state index is -0.688. The first-order valence-corrected chi connectivity index (χ1v) is 11.5. The lowest BCUT2D eigenvalue weighted by Gasteiger charge is -2.30. The van der Waals surface area contributed by atoms with E-state index in [1.165, 1.54) is 16.2 Å². The zero-order chi connectivity index (χ0) is 22.8. The summed E-state index contributed by atoms with van der Waals surface area (Å²) >= 11 is 1.28. The van der Waals surface area contributed by atoms with Crippen molar-refractivity contribution < 1.29 is 29.1 Å². The quantitative estimate of drug-likeness (QED) is 0.607. The van der Waals surface area contributed by atoms with Gasteiger partial charge in [0.2, 0.25) is 5.78 Å². The van der Waals surface area contributed by atoms with Crippen LogP contribution in [0, 0.1) is 13.8 Å². The maximum atomic E-state index is 13.5. The number of benzene rings is 1. The van der Waals surface area contributed by atoms with Crippen LogP contribution in [-0.2, 0) is 9.53 Å². The monoisotopic (exact) mass is 458 g/mol. The molecule has 3 heterocycles. The number of ether oxygens (including phenoxy) is 2. The van der Waals surface area contributed by atoms with Gasteiger partial charge in [0.15, 0.2) is 5.76 Å². The van der Waals surface area contributed by atoms with Gasteiger partial charge in [0.25, 0.3) is 5.91 Å². The maximum absolute atomic E-state index is 13.5. The molecule has 1 fully saturated rings. The SMILES string of the molecule is COc1cccc([C@@H]2C(C(=O)c3sc(C)nc3C)=C(O)C(=O)N2CC[NH+]2CCOCC2)c1. The zero-order valence-corrected chi connectivity index (χ0v) is 19.3. The third kappa shape index (κ3) is 4.28. The molecule has 32 heavy (non-hydrogen) atoms. The van der Waals surface area contributed by atoms with Crippen molar-refractivity contribution in [2.45, 2.75) is 19.9 Å². The lowest BCUT2D eigenvalue weighted by atomic mass is 9.95. The smallest absolute Gasteiger partial charge is 0.290 e. The number of aromatic nitrogens is 1. The van der Waals surface area contributed by atoms with Gasteiger partial charge in [0, 0.05) is 0 Å². The fraction of sp³-hybridized carbons (Fsp3) is 0.435. The minimum Gasteiger partial charge on any atom is -0.503 e. The fourth-order valence-electron chi connectivity index (χ4n) is 4.33. The molecule has 9 heteroatoms. The van der Waals surface area contributed by atoms with Gasteiger partial charge in [0.1, 0.15) is 18.8 Å². The number of aryl methyl sites for hydroxylation is 2. The maximum Gasteiger partial charge on any atom is 0.290 e. The Labute approximate surface area is 191 Å². The Bertz CT molecular complexity index is 1060. The molecule has 1 aromatic heterocycles. The van der Waals surface area contributed by atoms with E-state index in [0.717, 1.165) is 23.7 Å². The summed E-state index contributed by atoms with van der Waals surface area (Å²) < 4.78 is 10.8. The van der Waals surface area contributed by atoms with Gasteiger partial charge in [-0.15, -0.1) is 11.3 Å².